The molecule has 0 aliphatic heterocycles. The van der Waals surface area contributed by atoms with Crippen molar-refractivity contribution in [2.24, 2.45) is 5.92 Å². The molecular weight excluding hydrogens is 179 g/mol. The van der Waals surface area contributed by atoms with Crippen molar-refractivity contribution >= 4 is 0 Å². The average Bonchev–Trinajstić information content (AvgIpc) is 1.61. The maximum absolute atomic E-state index is 4.98. The van der Waals surface area contributed by atoms with Crippen LogP contribution >= 0.6 is 0 Å². The minimum atomic E-state index is 0. The Labute approximate surface area is 70.9 Å². The van der Waals surface area contributed by atoms with Crippen LogP contribution < -0.4 is 0 Å². The van der Waals surface area contributed by atoms with Crippen LogP contribution in [-0.2, 0) is 30.9 Å². The molecule has 0 fully saturated rings. The first-order valence-electron chi connectivity index (χ1n) is 2.64. The van der Waals surface area contributed by atoms with Crippen molar-refractivity contribution in [1.29, 1.82) is 0 Å². The van der Waals surface area contributed by atoms with Crippen LogP contribution in [0.3, 0.4) is 0 Å². The zero-order valence-corrected chi connectivity index (χ0v) is 8.06. The Morgan fingerprint density at radius 3 is 2.12 bits per heavy atom. The van der Waals surface area contributed by atoms with Crippen molar-refractivity contribution < 1.29 is 30.9 Å². The largest absolute Gasteiger partial charge is 0.381 e. The monoisotopic (exact) mass is 191 g/mol. The SMILES string of the molecule is [CH2]COCC(C)C.[Zr]. The zero-order chi connectivity index (χ0) is 5.70. The molecule has 0 N–H and O–H groups in total. The molecule has 0 aliphatic rings. The summed E-state index contributed by atoms with van der Waals surface area (Å²) in [6.07, 6.45) is 0. The second kappa shape index (κ2) is 7.84. The van der Waals surface area contributed by atoms with Gasteiger partial charge in [0, 0.05) is 39.4 Å². The average molecular weight is 192 g/mol. The van der Waals surface area contributed by atoms with Gasteiger partial charge in [-0.05, 0) is 12.8 Å². The smallest absolute Gasteiger partial charge is 0.0488 e. The summed E-state index contributed by atoms with van der Waals surface area (Å²) < 4.78 is 4.98. The molecule has 0 saturated heterocycles. The summed E-state index contributed by atoms with van der Waals surface area (Å²) in [5.74, 6) is 0.641. The molecule has 0 aromatic carbocycles. The van der Waals surface area contributed by atoms with Crippen LogP contribution in [0.2, 0.25) is 0 Å². The fourth-order valence-electron chi connectivity index (χ4n) is 0.319. The van der Waals surface area contributed by atoms with Gasteiger partial charge in [0.2, 0.25) is 0 Å². The quantitative estimate of drug-likeness (QED) is 0.658. The van der Waals surface area contributed by atoms with E-state index >= 15 is 0 Å². The first kappa shape index (κ1) is 11.6. The minimum absolute atomic E-state index is 0. The van der Waals surface area contributed by atoms with E-state index in [9.17, 15) is 0 Å². The summed E-state index contributed by atoms with van der Waals surface area (Å²) in [6.45, 7) is 9.21. The molecule has 0 atom stereocenters. The van der Waals surface area contributed by atoms with Crippen LogP contribution in [0.25, 0.3) is 0 Å². The third-order valence-corrected chi connectivity index (χ3v) is 0.596. The van der Waals surface area contributed by atoms with Crippen LogP contribution in [0, 0.1) is 12.8 Å². The predicted molar refractivity (Wildman–Crippen MR) is 31.0 cm³/mol. The van der Waals surface area contributed by atoms with E-state index in [0.29, 0.717) is 12.5 Å². The van der Waals surface area contributed by atoms with E-state index in [1.54, 1.807) is 0 Å². The Bertz CT molecular complexity index is 37.5. The topological polar surface area (TPSA) is 9.23 Å². The van der Waals surface area contributed by atoms with E-state index in [0.717, 1.165) is 6.61 Å². The molecule has 1 radical (unpaired) electrons. The van der Waals surface area contributed by atoms with E-state index < -0.39 is 0 Å². The second-order valence-corrected chi connectivity index (χ2v) is 1.97. The summed E-state index contributed by atoms with van der Waals surface area (Å²) in [5.41, 5.74) is 0. The van der Waals surface area contributed by atoms with Gasteiger partial charge in [-0.3, -0.25) is 0 Å². The molecule has 0 amide bonds. The van der Waals surface area contributed by atoms with Gasteiger partial charge in [-0.15, -0.1) is 0 Å². The van der Waals surface area contributed by atoms with Crippen molar-refractivity contribution in [3.05, 3.63) is 6.92 Å². The molecule has 2 heteroatoms. The fourth-order valence-corrected chi connectivity index (χ4v) is 0.319. The summed E-state index contributed by atoms with van der Waals surface area (Å²) in [4.78, 5) is 0. The van der Waals surface area contributed by atoms with Crippen LogP contribution in [0.5, 0.6) is 0 Å². The molecule has 47 valence electrons. The molecule has 1 nitrogen and oxygen atoms in total. The first-order chi connectivity index (χ1) is 3.27. The standard InChI is InChI=1S/C6H13O.Zr/c1-4-7-5-6(2)3;/h6H,1,4-5H2,2-3H3;. The van der Waals surface area contributed by atoms with Gasteiger partial charge in [0.15, 0.2) is 0 Å². The normalized spacial score (nSPS) is 9.00. The molecular formula is C6H13OZr. The van der Waals surface area contributed by atoms with Crippen molar-refractivity contribution in [1.82, 2.24) is 0 Å². The van der Waals surface area contributed by atoms with E-state index in [2.05, 4.69) is 20.8 Å². The van der Waals surface area contributed by atoms with Crippen LogP contribution in [0.15, 0.2) is 0 Å². The van der Waals surface area contributed by atoms with Gasteiger partial charge in [0.05, 0.1) is 0 Å². The Hall–Kier alpha value is 0.843. The van der Waals surface area contributed by atoms with E-state index in [4.69, 9.17) is 4.74 Å². The van der Waals surface area contributed by atoms with Gasteiger partial charge in [-0.1, -0.05) is 13.8 Å². The number of ether oxygens (including phenoxy) is 1. The Morgan fingerprint density at radius 1 is 1.50 bits per heavy atom. The number of hydrogen-bond acceptors (Lipinski definition) is 1. The van der Waals surface area contributed by atoms with Gasteiger partial charge in [0.25, 0.3) is 0 Å². The van der Waals surface area contributed by atoms with Crippen LogP contribution in [-0.4, -0.2) is 13.2 Å². The maximum Gasteiger partial charge on any atom is 0.0488 e. The van der Waals surface area contributed by atoms with E-state index in [1.807, 2.05) is 0 Å². The fraction of sp³-hybridized carbons (Fsp3) is 0.833. The zero-order valence-electron chi connectivity index (χ0n) is 5.61. The number of hydrogen-bond donors (Lipinski definition) is 0. The summed E-state index contributed by atoms with van der Waals surface area (Å²) in [7, 11) is 0. The Kier molecular flexibility index (Phi) is 11.4. The molecule has 0 unspecified atom stereocenters. The molecule has 8 heavy (non-hydrogen) atoms. The van der Waals surface area contributed by atoms with E-state index in [1.165, 1.54) is 0 Å². The molecule has 0 aromatic rings. The molecule has 0 saturated carbocycles. The van der Waals surface area contributed by atoms with Gasteiger partial charge in [0.1, 0.15) is 0 Å². The Morgan fingerprint density at radius 2 is 2.00 bits per heavy atom. The summed E-state index contributed by atoms with van der Waals surface area (Å²) in [5, 5.41) is 0. The number of rotatable bonds is 3. The third kappa shape index (κ3) is 9.96. The molecule has 0 spiro atoms. The summed E-state index contributed by atoms with van der Waals surface area (Å²) in [6, 6.07) is 0. The van der Waals surface area contributed by atoms with Crippen LogP contribution in [0.1, 0.15) is 13.8 Å². The molecule has 0 heterocycles. The van der Waals surface area contributed by atoms with Gasteiger partial charge < -0.3 is 4.74 Å². The second-order valence-electron chi connectivity index (χ2n) is 1.97. The molecule has 0 rings (SSSR count). The van der Waals surface area contributed by atoms with Gasteiger partial charge in [-0.2, -0.15) is 0 Å². The van der Waals surface area contributed by atoms with Crippen molar-refractivity contribution in [2.75, 3.05) is 13.2 Å². The van der Waals surface area contributed by atoms with Crippen molar-refractivity contribution in [3.8, 4) is 0 Å². The van der Waals surface area contributed by atoms with Gasteiger partial charge in [-0.25, -0.2) is 0 Å². The molecule has 0 aromatic heterocycles. The maximum atomic E-state index is 4.98. The molecule has 0 aliphatic carbocycles. The first-order valence-corrected chi connectivity index (χ1v) is 2.64. The molecule has 0 bridgehead atoms. The Balaban J connectivity index is 0. The predicted octanol–water partition coefficient (Wildman–Crippen LogP) is 1.49. The van der Waals surface area contributed by atoms with Crippen molar-refractivity contribution in [2.45, 2.75) is 13.8 Å². The minimum Gasteiger partial charge on any atom is -0.381 e. The third-order valence-electron chi connectivity index (χ3n) is 0.596. The summed E-state index contributed by atoms with van der Waals surface area (Å²) >= 11 is 0. The van der Waals surface area contributed by atoms with Gasteiger partial charge >= 0.3 is 0 Å². The van der Waals surface area contributed by atoms with Crippen molar-refractivity contribution in [3.63, 3.8) is 0 Å². The van der Waals surface area contributed by atoms with Crippen LogP contribution in [0.4, 0.5) is 0 Å². The van der Waals surface area contributed by atoms with E-state index in [-0.39, 0.29) is 26.2 Å².